The van der Waals surface area contributed by atoms with Crippen LogP contribution >= 0.6 is 23.2 Å². The highest BCUT2D eigenvalue weighted by Crippen LogP contribution is 2.28. The molecule has 0 saturated carbocycles. The van der Waals surface area contributed by atoms with E-state index in [1.165, 1.54) is 0 Å². The van der Waals surface area contributed by atoms with E-state index in [9.17, 15) is 5.11 Å². The van der Waals surface area contributed by atoms with Crippen molar-refractivity contribution in [3.05, 3.63) is 33.8 Å². The Morgan fingerprint density at radius 2 is 2.25 bits per heavy atom. The lowest BCUT2D eigenvalue weighted by Gasteiger charge is -2.18. The molecule has 1 N–H and O–H groups in total. The highest BCUT2D eigenvalue weighted by Gasteiger charge is 2.24. The van der Waals surface area contributed by atoms with Crippen molar-refractivity contribution in [2.24, 2.45) is 0 Å². The average molecular weight is 261 g/mol. The van der Waals surface area contributed by atoms with Gasteiger partial charge >= 0.3 is 0 Å². The Bertz CT molecular complexity index is 362. The third-order valence-electron chi connectivity index (χ3n) is 2.85. The number of aliphatic hydroxyl groups excluding tert-OH is 1. The van der Waals surface area contributed by atoms with Gasteiger partial charge in [-0.2, -0.15) is 0 Å². The summed E-state index contributed by atoms with van der Waals surface area (Å²) in [7, 11) is 0. The van der Waals surface area contributed by atoms with Crippen LogP contribution in [0.3, 0.4) is 0 Å². The zero-order valence-electron chi connectivity index (χ0n) is 8.83. The van der Waals surface area contributed by atoms with Crippen molar-refractivity contribution in [1.82, 2.24) is 0 Å². The van der Waals surface area contributed by atoms with Gasteiger partial charge in [0, 0.05) is 13.0 Å². The summed E-state index contributed by atoms with van der Waals surface area (Å²) in [5, 5.41) is 11.0. The third kappa shape index (κ3) is 2.69. The maximum atomic E-state index is 9.99. The Morgan fingerprint density at radius 1 is 1.44 bits per heavy atom. The topological polar surface area (TPSA) is 29.5 Å². The summed E-state index contributed by atoms with van der Waals surface area (Å²) >= 11 is 12.0. The molecule has 4 heteroatoms. The van der Waals surface area contributed by atoms with E-state index in [1.807, 2.05) is 12.1 Å². The standard InChI is InChI=1S/C12H14Cl2O2/c13-9-4-1-3-8(12(9)14)7-10(15)11-5-2-6-16-11/h1,3-4,10-11,15H,2,5-7H2. The quantitative estimate of drug-likeness (QED) is 0.906. The SMILES string of the molecule is OC(Cc1cccc(Cl)c1Cl)C1CCCO1. The molecule has 0 spiro atoms. The number of hydrogen-bond donors (Lipinski definition) is 1. The molecule has 2 rings (SSSR count). The minimum absolute atomic E-state index is 0.0601. The molecule has 0 aromatic heterocycles. The second kappa shape index (κ2) is 5.37. The van der Waals surface area contributed by atoms with Crippen LogP contribution < -0.4 is 0 Å². The first-order valence-corrected chi connectivity index (χ1v) is 6.16. The van der Waals surface area contributed by atoms with E-state index in [2.05, 4.69) is 0 Å². The van der Waals surface area contributed by atoms with E-state index < -0.39 is 6.10 Å². The van der Waals surface area contributed by atoms with Crippen LogP contribution in [-0.4, -0.2) is 23.9 Å². The van der Waals surface area contributed by atoms with E-state index in [4.69, 9.17) is 27.9 Å². The van der Waals surface area contributed by atoms with E-state index in [0.29, 0.717) is 16.5 Å². The molecule has 88 valence electrons. The van der Waals surface area contributed by atoms with Crippen molar-refractivity contribution in [3.8, 4) is 0 Å². The molecule has 1 fully saturated rings. The highest BCUT2D eigenvalue weighted by molar-refractivity contribution is 6.42. The Kier molecular flexibility index (Phi) is 4.09. The zero-order valence-corrected chi connectivity index (χ0v) is 10.3. The van der Waals surface area contributed by atoms with Gasteiger partial charge in [0.25, 0.3) is 0 Å². The Hall–Kier alpha value is -0.280. The highest BCUT2D eigenvalue weighted by atomic mass is 35.5. The van der Waals surface area contributed by atoms with Crippen LogP contribution in [0.2, 0.25) is 10.0 Å². The second-order valence-electron chi connectivity index (χ2n) is 4.04. The van der Waals surface area contributed by atoms with Gasteiger partial charge in [-0.3, -0.25) is 0 Å². The molecule has 1 heterocycles. The predicted octanol–water partition coefficient (Wildman–Crippen LogP) is 3.08. The number of aliphatic hydroxyl groups is 1. The van der Waals surface area contributed by atoms with E-state index in [0.717, 1.165) is 25.0 Å². The average Bonchev–Trinajstić information content (AvgIpc) is 2.78. The van der Waals surface area contributed by atoms with Gasteiger partial charge in [0.15, 0.2) is 0 Å². The second-order valence-corrected chi connectivity index (χ2v) is 4.82. The lowest BCUT2D eigenvalue weighted by molar-refractivity contribution is -0.000761. The Morgan fingerprint density at radius 3 is 2.94 bits per heavy atom. The maximum Gasteiger partial charge on any atom is 0.0842 e. The van der Waals surface area contributed by atoms with Gasteiger partial charge in [-0.1, -0.05) is 35.3 Å². The van der Waals surface area contributed by atoms with Crippen LogP contribution in [0.25, 0.3) is 0 Å². The molecular weight excluding hydrogens is 247 g/mol. The third-order valence-corrected chi connectivity index (χ3v) is 3.71. The van der Waals surface area contributed by atoms with Crippen molar-refractivity contribution in [2.75, 3.05) is 6.61 Å². The molecule has 0 amide bonds. The molecule has 1 aliphatic heterocycles. The van der Waals surface area contributed by atoms with Gasteiger partial charge in [0.05, 0.1) is 22.3 Å². The number of ether oxygens (including phenoxy) is 1. The van der Waals surface area contributed by atoms with Gasteiger partial charge in [-0.15, -0.1) is 0 Å². The molecule has 2 unspecified atom stereocenters. The zero-order chi connectivity index (χ0) is 11.5. The predicted molar refractivity (Wildman–Crippen MR) is 65.1 cm³/mol. The van der Waals surface area contributed by atoms with E-state index >= 15 is 0 Å². The summed E-state index contributed by atoms with van der Waals surface area (Å²) in [5.41, 5.74) is 0.872. The van der Waals surface area contributed by atoms with Crippen molar-refractivity contribution < 1.29 is 9.84 Å². The normalized spacial score (nSPS) is 22.3. The smallest absolute Gasteiger partial charge is 0.0842 e. The van der Waals surface area contributed by atoms with Crippen molar-refractivity contribution in [3.63, 3.8) is 0 Å². The lowest BCUT2D eigenvalue weighted by Crippen LogP contribution is -2.27. The molecular formula is C12H14Cl2O2. The molecule has 1 aromatic rings. The van der Waals surface area contributed by atoms with Crippen LogP contribution in [0.15, 0.2) is 18.2 Å². The molecule has 2 nitrogen and oxygen atoms in total. The summed E-state index contributed by atoms with van der Waals surface area (Å²) in [5.74, 6) is 0. The summed E-state index contributed by atoms with van der Waals surface area (Å²) < 4.78 is 5.43. The van der Waals surface area contributed by atoms with E-state index in [1.54, 1.807) is 6.07 Å². The van der Waals surface area contributed by atoms with Gasteiger partial charge in [-0.25, -0.2) is 0 Å². The van der Waals surface area contributed by atoms with Crippen LogP contribution in [0.5, 0.6) is 0 Å². The molecule has 0 radical (unpaired) electrons. The number of rotatable bonds is 3. The number of benzene rings is 1. The minimum atomic E-state index is -0.501. The van der Waals surface area contributed by atoms with Gasteiger partial charge < -0.3 is 9.84 Å². The van der Waals surface area contributed by atoms with Crippen molar-refractivity contribution in [1.29, 1.82) is 0 Å². The van der Waals surface area contributed by atoms with E-state index in [-0.39, 0.29) is 6.10 Å². The number of hydrogen-bond acceptors (Lipinski definition) is 2. The monoisotopic (exact) mass is 260 g/mol. The fraction of sp³-hybridized carbons (Fsp3) is 0.500. The van der Waals surface area contributed by atoms with Crippen molar-refractivity contribution in [2.45, 2.75) is 31.5 Å². The largest absolute Gasteiger partial charge is 0.390 e. The molecule has 1 saturated heterocycles. The van der Waals surface area contributed by atoms with Crippen LogP contribution in [0.1, 0.15) is 18.4 Å². The van der Waals surface area contributed by atoms with Gasteiger partial charge in [0.2, 0.25) is 0 Å². The summed E-state index contributed by atoms with van der Waals surface area (Å²) in [6.45, 7) is 0.741. The van der Waals surface area contributed by atoms with Gasteiger partial charge in [-0.05, 0) is 24.5 Å². The summed E-state index contributed by atoms with van der Waals surface area (Å²) in [6, 6.07) is 5.46. The fourth-order valence-corrected chi connectivity index (χ4v) is 2.37. The van der Waals surface area contributed by atoms with Crippen LogP contribution in [0, 0.1) is 0 Å². The summed E-state index contributed by atoms with van der Waals surface area (Å²) in [6.07, 6.45) is 1.86. The van der Waals surface area contributed by atoms with Crippen molar-refractivity contribution >= 4 is 23.2 Å². The first kappa shape index (κ1) is 12.2. The number of halogens is 2. The maximum absolute atomic E-state index is 9.99. The minimum Gasteiger partial charge on any atom is -0.390 e. The van der Waals surface area contributed by atoms with Crippen LogP contribution in [-0.2, 0) is 11.2 Å². The lowest BCUT2D eigenvalue weighted by atomic mass is 10.0. The molecule has 0 aliphatic carbocycles. The Labute approximate surface area is 105 Å². The fourth-order valence-electron chi connectivity index (χ4n) is 1.97. The Balaban J connectivity index is 2.05. The first-order chi connectivity index (χ1) is 7.68. The summed E-state index contributed by atoms with van der Waals surface area (Å²) in [4.78, 5) is 0. The molecule has 0 bridgehead atoms. The van der Waals surface area contributed by atoms with Gasteiger partial charge in [0.1, 0.15) is 0 Å². The molecule has 2 atom stereocenters. The van der Waals surface area contributed by atoms with Crippen LogP contribution in [0.4, 0.5) is 0 Å². The molecule has 16 heavy (non-hydrogen) atoms. The molecule has 1 aromatic carbocycles. The molecule has 1 aliphatic rings. The first-order valence-electron chi connectivity index (χ1n) is 5.41.